The zero-order valence-electron chi connectivity index (χ0n) is 8.57. The van der Waals surface area contributed by atoms with Crippen LogP contribution in [0.1, 0.15) is 17.2 Å². The number of amides is 1. The zero-order valence-corrected chi connectivity index (χ0v) is 8.57. The molecule has 15 heavy (non-hydrogen) atoms. The van der Waals surface area contributed by atoms with Crippen molar-refractivity contribution >= 4 is 6.09 Å². The van der Waals surface area contributed by atoms with Crippen LogP contribution in [0.2, 0.25) is 0 Å². The first kappa shape index (κ1) is 9.98. The summed E-state index contributed by atoms with van der Waals surface area (Å²) in [6, 6.07) is 7.75. The van der Waals surface area contributed by atoms with Crippen LogP contribution < -0.4 is 11.1 Å². The van der Waals surface area contributed by atoms with Gasteiger partial charge in [0, 0.05) is 6.04 Å². The second-order valence-corrected chi connectivity index (χ2v) is 3.68. The Morgan fingerprint density at radius 1 is 1.53 bits per heavy atom. The predicted molar refractivity (Wildman–Crippen MR) is 56.4 cm³/mol. The van der Waals surface area contributed by atoms with Crippen LogP contribution in [0.15, 0.2) is 24.3 Å². The van der Waals surface area contributed by atoms with E-state index in [-0.39, 0.29) is 12.1 Å². The molecule has 1 aromatic rings. The number of hydrogen-bond acceptors (Lipinski definition) is 3. The monoisotopic (exact) mass is 206 g/mol. The molecule has 0 aliphatic heterocycles. The zero-order chi connectivity index (χ0) is 10.8. The van der Waals surface area contributed by atoms with Gasteiger partial charge in [-0.1, -0.05) is 24.3 Å². The Balaban J connectivity index is 2.22. The Hall–Kier alpha value is -1.55. The Bertz CT molecular complexity index is 379. The Morgan fingerprint density at radius 2 is 2.27 bits per heavy atom. The molecule has 1 aliphatic rings. The molecule has 0 saturated carbocycles. The maximum atomic E-state index is 11.1. The van der Waals surface area contributed by atoms with E-state index < -0.39 is 6.09 Å². The predicted octanol–water partition coefficient (Wildman–Crippen LogP) is 0.967. The number of benzene rings is 1. The molecule has 0 bridgehead atoms. The molecule has 1 aromatic carbocycles. The van der Waals surface area contributed by atoms with Crippen molar-refractivity contribution in [2.45, 2.75) is 18.5 Å². The van der Waals surface area contributed by atoms with Crippen molar-refractivity contribution in [3.8, 4) is 0 Å². The normalized spacial score (nSPS) is 23.3. The maximum absolute atomic E-state index is 11.1. The molecule has 4 heteroatoms. The Kier molecular flexibility index (Phi) is 2.60. The number of rotatable bonds is 1. The summed E-state index contributed by atoms with van der Waals surface area (Å²) in [5.41, 5.74) is 8.26. The van der Waals surface area contributed by atoms with Crippen molar-refractivity contribution in [2.24, 2.45) is 5.73 Å². The third-order valence-corrected chi connectivity index (χ3v) is 2.73. The lowest BCUT2D eigenvalue weighted by Crippen LogP contribution is -2.38. The molecule has 1 aliphatic carbocycles. The number of fused-ring (bicyclic) bond motifs is 1. The van der Waals surface area contributed by atoms with Crippen LogP contribution in [0.3, 0.4) is 0 Å². The van der Waals surface area contributed by atoms with Gasteiger partial charge in [-0.3, -0.25) is 0 Å². The van der Waals surface area contributed by atoms with Crippen LogP contribution in [0, 0.1) is 0 Å². The van der Waals surface area contributed by atoms with Gasteiger partial charge in [0.25, 0.3) is 0 Å². The van der Waals surface area contributed by atoms with Gasteiger partial charge >= 0.3 is 6.09 Å². The lowest BCUT2D eigenvalue weighted by atomic mass is 10.1. The summed E-state index contributed by atoms with van der Waals surface area (Å²) in [6.45, 7) is 0. The highest BCUT2D eigenvalue weighted by atomic mass is 16.5. The summed E-state index contributed by atoms with van der Waals surface area (Å²) in [6.07, 6.45) is 0.359. The summed E-state index contributed by atoms with van der Waals surface area (Å²) in [4.78, 5) is 11.1. The Labute approximate surface area is 88.4 Å². The van der Waals surface area contributed by atoms with Gasteiger partial charge in [0.05, 0.1) is 13.2 Å². The molecule has 2 rings (SSSR count). The number of carbonyl (C=O) groups is 1. The number of nitrogens with two attached hydrogens (primary N) is 1. The van der Waals surface area contributed by atoms with Crippen molar-refractivity contribution in [3.63, 3.8) is 0 Å². The van der Waals surface area contributed by atoms with Crippen LogP contribution in [-0.4, -0.2) is 19.2 Å². The average Bonchev–Trinajstić information content (AvgIpc) is 2.55. The van der Waals surface area contributed by atoms with Crippen LogP contribution in [-0.2, 0) is 11.2 Å². The molecule has 80 valence electrons. The van der Waals surface area contributed by atoms with Gasteiger partial charge in [0.2, 0.25) is 0 Å². The fourth-order valence-electron chi connectivity index (χ4n) is 2.00. The summed E-state index contributed by atoms with van der Waals surface area (Å²) in [7, 11) is 1.35. The lowest BCUT2D eigenvalue weighted by molar-refractivity contribution is 0.165. The van der Waals surface area contributed by atoms with Crippen molar-refractivity contribution in [1.82, 2.24) is 5.32 Å². The van der Waals surface area contributed by atoms with E-state index in [9.17, 15) is 4.79 Å². The molecule has 2 atom stereocenters. The van der Waals surface area contributed by atoms with Gasteiger partial charge in [0.1, 0.15) is 0 Å². The molecule has 0 saturated heterocycles. The topological polar surface area (TPSA) is 64.3 Å². The molecule has 3 N–H and O–H groups in total. The summed E-state index contributed by atoms with van der Waals surface area (Å²) < 4.78 is 4.57. The molecule has 0 heterocycles. The van der Waals surface area contributed by atoms with Gasteiger partial charge < -0.3 is 15.8 Å². The van der Waals surface area contributed by atoms with Crippen LogP contribution >= 0.6 is 0 Å². The number of alkyl carbamates (subject to hydrolysis) is 1. The van der Waals surface area contributed by atoms with Crippen LogP contribution in [0.4, 0.5) is 4.79 Å². The van der Waals surface area contributed by atoms with Crippen LogP contribution in [0.5, 0.6) is 0 Å². The lowest BCUT2D eigenvalue weighted by Gasteiger charge is -2.17. The fraction of sp³-hybridized carbons (Fsp3) is 0.364. The number of methoxy groups -OCH3 is 1. The molecular formula is C11H14N2O2. The number of ether oxygens (including phenoxy) is 1. The minimum atomic E-state index is -0.438. The second-order valence-electron chi connectivity index (χ2n) is 3.68. The summed E-state index contributed by atoms with van der Waals surface area (Å²) >= 11 is 0. The molecule has 0 spiro atoms. The van der Waals surface area contributed by atoms with E-state index >= 15 is 0 Å². The van der Waals surface area contributed by atoms with E-state index in [1.165, 1.54) is 12.7 Å². The summed E-state index contributed by atoms with van der Waals surface area (Å²) in [5.74, 6) is 0. The molecule has 2 unspecified atom stereocenters. The molecule has 0 fully saturated rings. The first-order chi connectivity index (χ1) is 7.22. The maximum Gasteiger partial charge on any atom is 0.407 e. The SMILES string of the molecule is COC(=O)NC1c2ccccc2CC1N. The van der Waals surface area contributed by atoms with E-state index in [0.29, 0.717) is 0 Å². The van der Waals surface area contributed by atoms with E-state index in [1.807, 2.05) is 24.3 Å². The minimum Gasteiger partial charge on any atom is -0.453 e. The third kappa shape index (κ3) is 1.80. The quantitative estimate of drug-likeness (QED) is 0.719. The summed E-state index contributed by atoms with van der Waals surface area (Å²) in [5, 5.41) is 2.75. The number of hydrogen-bond donors (Lipinski definition) is 2. The highest BCUT2D eigenvalue weighted by Gasteiger charge is 2.30. The van der Waals surface area contributed by atoms with Gasteiger partial charge in [-0.2, -0.15) is 0 Å². The van der Waals surface area contributed by atoms with Crippen molar-refractivity contribution in [3.05, 3.63) is 35.4 Å². The highest BCUT2D eigenvalue weighted by molar-refractivity contribution is 5.68. The van der Waals surface area contributed by atoms with Gasteiger partial charge in [-0.15, -0.1) is 0 Å². The average molecular weight is 206 g/mol. The number of carbonyl (C=O) groups excluding carboxylic acids is 1. The van der Waals surface area contributed by atoms with E-state index in [4.69, 9.17) is 5.73 Å². The van der Waals surface area contributed by atoms with E-state index in [2.05, 4.69) is 10.1 Å². The Morgan fingerprint density at radius 3 is 3.00 bits per heavy atom. The molecule has 0 radical (unpaired) electrons. The van der Waals surface area contributed by atoms with Crippen molar-refractivity contribution < 1.29 is 9.53 Å². The van der Waals surface area contributed by atoms with E-state index in [0.717, 1.165) is 12.0 Å². The van der Waals surface area contributed by atoms with Crippen molar-refractivity contribution in [2.75, 3.05) is 7.11 Å². The first-order valence-corrected chi connectivity index (χ1v) is 4.90. The largest absolute Gasteiger partial charge is 0.453 e. The first-order valence-electron chi connectivity index (χ1n) is 4.90. The smallest absolute Gasteiger partial charge is 0.407 e. The van der Waals surface area contributed by atoms with Crippen molar-refractivity contribution in [1.29, 1.82) is 0 Å². The van der Waals surface area contributed by atoms with Gasteiger partial charge in [0.15, 0.2) is 0 Å². The molecular weight excluding hydrogens is 192 g/mol. The van der Waals surface area contributed by atoms with Gasteiger partial charge in [-0.25, -0.2) is 4.79 Å². The minimum absolute atomic E-state index is 0.0681. The molecule has 4 nitrogen and oxygen atoms in total. The molecule has 0 aromatic heterocycles. The highest BCUT2D eigenvalue weighted by Crippen LogP contribution is 2.29. The second kappa shape index (κ2) is 3.90. The molecule has 1 amide bonds. The standard InChI is InChI=1S/C11H14N2O2/c1-15-11(14)13-10-8-5-3-2-4-7(8)6-9(10)12/h2-5,9-10H,6,12H2,1H3,(H,13,14). The third-order valence-electron chi connectivity index (χ3n) is 2.73. The fourth-order valence-corrected chi connectivity index (χ4v) is 2.00. The number of nitrogens with one attached hydrogen (secondary N) is 1. The van der Waals surface area contributed by atoms with Gasteiger partial charge in [-0.05, 0) is 17.5 Å². The van der Waals surface area contributed by atoms with E-state index in [1.54, 1.807) is 0 Å². The van der Waals surface area contributed by atoms with Crippen LogP contribution in [0.25, 0.3) is 0 Å².